The number of fused-ring (bicyclic) bond motifs is 4. The minimum absolute atomic E-state index is 0.847. The second-order valence-corrected chi connectivity index (χ2v) is 15.4. The lowest BCUT2D eigenvalue weighted by atomic mass is 9.89. The van der Waals surface area contributed by atoms with Crippen molar-refractivity contribution in [3.63, 3.8) is 0 Å². The molecule has 0 atom stereocenters. The largest absolute Gasteiger partial charge is 0.311 e. The monoisotopic (exact) mass is 752 g/mol. The van der Waals surface area contributed by atoms with Gasteiger partial charge in [-0.15, -0.1) is 0 Å². The molecule has 0 unspecified atom stereocenters. The first-order valence-corrected chi connectivity index (χ1v) is 20.4. The standard InChI is InChI=1S/C57H40N2/c1-3-12-40(13-4-1)42-24-30-52(31-25-42)58(51-18-5-2-6-19-51)53-32-26-43(27-33-53)46-28-34-55-49(37-46)39-50-38-48(47-23-22-41-14-7-8-16-45(41)36-47)29-35-56(50)59(55)57-21-11-17-44-15-9-10-20-54(44)57/h1-38H,39H2. The van der Waals surface area contributed by atoms with Crippen molar-refractivity contribution in [3.05, 3.63) is 242 Å². The van der Waals surface area contributed by atoms with E-state index in [-0.39, 0.29) is 0 Å². The highest BCUT2D eigenvalue weighted by atomic mass is 15.2. The third-order valence-electron chi connectivity index (χ3n) is 11.8. The summed E-state index contributed by atoms with van der Waals surface area (Å²) in [5.74, 6) is 0. The van der Waals surface area contributed by atoms with E-state index in [1.165, 1.54) is 83.1 Å². The zero-order chi connectivity index (χ0) is 39.1. The van der Waals surface area contributed by atoms with Gasteiger partial charge in [-0.25, -0.2) is 0 Å². The maximum atomic E-state index is 2.48. The Kier molecular flexibility index (Phi) is 8.60. The summed E-state index contributed by atoms with van der Waals surface area (Å²) in [5.41, 5.74) is 16.9. The minimum Gasteiger partial charge on any atom is -0.311 e. The first-order valence-electron chi connectivity index (χ1n) is 20.4. The average molecular weight is 753 g/mol. The Morgan fingerprint density at radius 3 is 1.42 bits per heavy atom. The molecule has 59 heavy (non-hydrogen) atoms. The second kappa shape index (κ2) is 14.7. The van der Waals surface area contributed by atoms with Crippen LogP contribution < -0.4 is 9.80 Å². The molecule has 0 amide bonds. The summed E-state index contributed by atoms with van der Waals surface area (Å²) in [4.78, 5) is 4.81. The van der Waals surface area contributed by atoms with Gasteiger partial charge in [-0.1, -0.05) is 158 Å². The van der Waals surface area contributed by atoms with Crippen molar-refractivity contribution >= 4 is 55.7 Å². The highest BCUT2D eigenvalue weighted by Gasteiger charge is 2.26. The highest BCUT2D eigenvalue weighted by Crippen LogP contribution is 2.48. The van der Waals surface area contributed by atoms with Crippen molar-refractivity contribution < 1.29 is 0 Å². The lowest BCUT2D eigenvalue weighted by Gasteiger charge is -2.35. The first-order chi connectivity index (χ1) is 29.2. The molecule has 0 spiro atoms. The normalized spacial score (nSPS) is 12.0. The topological polar surface area (TPSA) is 6.48 Å². The van der Waals surface area contributed by atoms with Crippen molar-refractivity contribution in [2.45, 2.75) is 6.42 Å². The summed E-state index contributed by atoms with van der Waals surface area (Å²) in [6, 6.07) is 83.9. The van der Waals surface area contributed by atoms with Crippen molar-refractivity contribution in [1.82, 2.24) is 0 Å². The highest BCUT2D eigenvalue weighted by molar-refractivity contribution is 6.01. The molecule has 0 aliphatic carbocycles. The molecule has 10 aromatic carbocycles. The van der Waals surface area contributed by atoms with Gasteiger partial charge in [0.05, 0.1) is 5.69 Å². The van der Waals surface area contributed by atoms with Crippen molar-refractivity contribution in [2.24, 2.45) is 0 Å². The number of benzene rings is 10. The molecule has 1 aliphatic rings. The number of para-hydroxylation sites is 1. The molecule has 0 bridgehead atoms. The Labute approximate surface area is 345 Å². The van der Waals surface area contributed by atoms with E-state index in [0.717, 1.165) is 23.5 Å². The fraction of sp³-hybridized carbons (Fsp3) is 0.0175. The molecule has 11 rings (SSSR count). The molecule has 2 heteroatoms. The number of nitrogens with zero attached hydrogens (tertiary/aromatic N) is 2. The Hall–Kier alpha value is -7.68. The van der Waals surface area contributed by atoms with Gasteiger partial charge in [0.15, 0.2) is 0 Å². The van der Waals surface area contributed by atoms with Crippen LogP contribution in [0.2, 0.25) is 0 Å². The third-order valence-corrected chi connectivity index (χ3v) is 11.8. The first kappa shape index (κ1) is 34.6. The van der Waals surface area contributed by atoms with Crippen LogP contribution in [0.4, 0.5) is 34.1 Å². The van der Waals surface area contributed by atoms with Gasteiger partial charge in [0.25, 0.3) is 0 Å². The van der Waals surface area contributed by atoms with Gasteiger partial charge in [-0.3, -0.25) is 0 Å². The fourth-order valence-electron chi connectivity index (χ4n) is 8.88. The Morgan fingerprint density at radius 1 is 0.288 bits per heavy atom. The molecule has 0 aromatic heterocycles. The van der Waals surface area contributed by atoms with E-state index >= 15 is 0 Å². The Bertz CT molecular complexity index is 3110. The molecule has 0 radical (unpaired) electrons. The van der Waals surface area contributed by atoms with Gasteiger partial charge in [-0.2, -0.15) is 0 Å². The molecule has 10 aromatic rings. The number of hydrogen-bond donors (Lipinski definition) is 0. The quantitative estimate of drug-likeness (QED) is 0.160. The van der Waals surface area contributed by atoms with Gasteiger partial charge < -0.3 is 9.80 Å². The van der Waals surface area contributed by atoms with E-state index in [1.54, 1.807) is 0 Å². The van der Waals surface area contributed by atoms with E-state index < -0.39 is 0 Å². The molecule has 0 fully saturated rings. The predicted molar refractivity (Wildman–Crippen MR) is 250 cm³/mol. The van der Waals surface area contributed by atoms with Gasteiger partial charge >= 0.3 is 0 Å². The van der Waals surface area contributed by atoms with Gasteiger partial charge in [0.1, 0.15) is 0 Å². The molecule has 0 N–H and O–H groups in total. The molecule has 2 nitrogen and oxygen atoms in total. The fourth-order valence-corrected chi connectivity index (χ4v) is 8.88. The summed E-state index contributed by atoms with van der Waals surface area (Å²) in [7, 11) is 0. The molecule has 0 saturated carbocycles. The summed E-state index contributed by atoms with van der Waals surface area (Å²) in [5, 5.41) is 5.00. The minimum atomic E-state index is 0.847. The van der Waals surface area contributed by atoms with Gasteiger partial charge in [0.2, 0.25) is 0 Å². The smallest absolute Gasteiger partial charge is 0.0540 e. The summed E-state index contributed by atoms with van der Waals surface area (Å²) in [6.45, 7) is 0. The Balaban J connectivity index is 0.976. The molecular weight excluding hydrogens is 713 g/mol. The van der Waals surface area contributed by atoms with E-state index in [4.69, 9.17) is 0 Å². The van der Waals surface area contributed by atoms with Gasteiger partial charge in [0, 0.05) is 40.2 Å². The third kappa shape index (κ3) is 6.42. The van der Waals surface area contributed by atoms with Crippen LogP contribution in [0.25, 0.3) is 54.9 Å². The van der Waals surface area contributed by atoms with Crippen LogP contribution in [0.1, 0.15) is 11.1 Å². The van der Waals surface area contributed by atoms with Crippen molar-refractivity contribution in [1.29, 1.82) is 0 Å². The van der Waals surface area contributed by atoms with Crippen LogP contribution in [-0.2, 0) is 6.42 Å². The zero-order valence-corrected chi connectivity index (χ0v) is 32.5. The lowest BCUT2D eigenvalue weighted by molar-refractivity contribution is 1.09. The van der Waals surface area contributed by atoms with Crippen LogP contribution in [0.15, 0.2) is 231 Å². The SMILES string of the molecule is c1ccc(-c2ccc(N(c3ccccc3)c3ccc(-c4ccc5c(c4)Cc4cc(-c6ccc7ccccc7c6)ccc4N5c4cccc5ccccc45)cc3)cc2)cc1. The van der Waals surface area contributed by atoms with E-state index in [0.29, 0.717) is 0 Å². The molecule has 1 heterocycles. The van der Waals surface area contributed by atoms with E-state index in [2.05, 4.69) is 240 Å². The summed E-state index contributed by atoms with van der Waals surface area (Å²) < 4.78 is 0. The summed E-state index contributed by atoms with van der Waals surface area (Å²) >= 11 is 0. The summed E-state index contributed by atoms with van der Waals surface area (Å²) in [6.07, 6.45) is 0.847. The predicted octanol–water partition coefficient (Wildman–Crippen LogP) is 15.8. The number of hydrogen-bond acceptors (Lipinski definition) is 2. The Morgan fingerprint density at radius 2 is 0.746 bits per heavy atom. The number of anilines is 6. The van der Waals surface area contributed by atoms with Crippen molar-refractivity contribution in [2.75, 3.05) is 9.80 Å². The average Bonchev–Trinajstić information content (AvgIpc) is 3.31. The maximum absolute atomic E-state index is 2.48. The van der Waals surface area contributed by atoms with Crippen LogP contribution in [-0.4, -0.2) is 0 Å². The molecule has 0 saturated heterocycles. The maximum Gasteiger partial charge on any atom is 0.0540 e. The zero-order valence-electron chi connectivity index (χ0n) is 32.5. The lowest BCUT2D eigenvalue weighted by Crippen LogP contribution is -2.19. The van der Waals surface area contributed by atoms with Crippen LogP contribution in [0, 0.1) is 0 Å². The molecular formula is C57H40N2. The second-order valence-electron chi connectivity index (χ2n) is 15.4. The number of rotatable bonds is 7. The van der Waals surface area contributed by atoms with Crippen LogP contribution in [0.3, 0.4) is 0 Å². The van der Waals surface area contributed by atoms with Crippen LogP contribution >= 0.6 is 0 Å². The van der Waals surface area contributed by atoms with Crippen LogP contribution in [0.5, 0.6) is 0 Å². The van der Waals surface area contributed by atoms with Crippen molar-refractivity contribution in [3.8, 4) is 33.4 Å². The van der Waals surface area contributed by atoms with E-state index in [9.17, 15) is 0 Å². The molecule has 1 aliphatic heterocycles. The van der Waals surface area contributed by atoms with E-state index in [1.807, 2.05) is 0 Å². The molecule has 278 valence electrons. The van der Waals surface area contributed by atoms with Gasteiger partial charge in [-0.05, 0) is 133 Å².